The topological polar surface area (TPSA) is 81.4 Å². The molecule has 0 fully saturated rings. The van der Waals surface area contributed by atoms with E-state index in [4.69, 9.17) is 5.73 Å². The van der Waals surface area contributed by atoms with E-state index in [1.807, 2.05) is 6.92 Å². The number of nitrogens with two attached hydrogens (primary N) is 1. The number of rotatable bonds is 4. The van der Waals surface area contributed by atoms with Crippen molar-refractivity contribution in [1.82, 2.24) is 0 Å². The Labute approximate surface area is 106 Å². The molecule has 1 aromatic rings. The number of hydrogen-bond acceptors (Lipinski definition) is 4. The Morgan fingerprint density at radius 1 is 1.44 bits per heavy atom. The molecule has 1 aromatic carbocycles. The minimum Gasteiger partial charge on any atom is -0.465 e. The molecule has 5 heteroatoms. The molecule has 0 heterocycles. The Bertz CT molecular complexity index is 458. The predicted octanol–water partition coefficient (Wildman–Crippen LogP) is 1.46. The summed E-state index contributed by atoms with van der Waals surface area (Å²) in [5.41, 5.74) is 7.31. The monoisotopic (exact) mass is 250 g/mol. The van der Waals surface area contributed by atoms with Crippen LogP contribution in [0.15, 0.2) is 18.2 Å². The van der Waals surface area contributed by atoms with Crippen LogP contribution in [0.5, 0.6) is 0 Å². The summed E-state index contributed by atoms with van der Waals surface area (Å²) in [6, 6.07) is 4.51. The van der Waals surface area contributed by atoms with E-state index >= 15 is 0 Å². The number of benzene rings is 1. The first kappa shape index (κ1) is 14.2. The van der Waals surface area contributed by atoms with Gasteiger partial charge in [0.15, 0.2) is 0 Å². The molecule has 0 saturated heterocycles. The molecule has 1 rings (SSSR count). The number of anilines is 1. The molecule has 5 nitrogen and oxygen atoms in total. The summed E-state index contributed by atoms with van der Waals surface area (Å²) in [4.78, 5) is 23.2. The van der Waals surface area contributed by atoms with E-state index in [1.54, 1.807) is 25.1 Å². The van der Waals surface area contributed by atoms with E-state index in [0.717, 1.165) is 0 Å². The van der Waals surface area contributed by atoms with Crippen molar-refractivity contribution in [1.29, 1.82) is 0 Å². The van der Waals surface area contributed by atoms with E-state index in [-0.39, 0.29) is 5.91 Å². The number of esters is 1. The van der Waals surface area contributed by atoms with Gasteiger partial charge < -0.3 is 15.8 Å². The first-order valence-electron chi connectivity index (χ1n) is 5.75. The third-order valence-electron chi connectivity index (χ3n) is 2.77. The van der Waals surface area contributed by atoms with E-state index in [1.165, 1.54) is 7.11 Å². The van der Waals surface area contributed by atoms with Crippen LogP contribution < -0.4 is 11.1 Å². The lowest BCUT2D eigenvalue weighted by Gasteiger charge is -2.13. The highest BCUT2D eigenvalue weighted by Gasteiger charge is 2.15. The highest BCUT2D eigenvalue weighted by atomic mass is 16.5. The molecule has 3 N–H and O–H groups in total. The molecule has 0 bridgehead atoms. The number of amides is 1. The maximum atomic E-state index is 11.7. The van der Waals surface area contributed by atoms with Gasteiger partial charge >= 0.3 is 5.97 Å². The van der Waals surface area contributed by atoms with Gasteiger partial charge in [-0.1, -0.05) is 13.0 Å². The Balaban J connectivity index is 2.98. The number of carbonyl (C=O) groups excluding carboxylic acids is 2. The van der Waals surface area contributed by atoms with Crippen molar-refractivity contribution in [2.75, 3.05) is 12.4 Å². The number of nitrogens with one attached hydrogen (secondary N) is 1. The van der Waals surface area contributed by atoms with Crippen molar-refractivity contribution in [3.8, 4) is 0 Å². The molecular formula is C13H18N2O3. The molecule has 0 aliphatic heterocycles. The lowest BCUT2D eigenvalue weighted by molar-refractivity contribution is -0.117. The number of methoxy groups -OCH3 is 1. The van der Waals surface area contributed by atoms with Crippen LogP contribution in [0.4, 0.5) is 5.69 Å². The third-order valence-corrected chi connectivity index (χ3v) is 2.77. The Kier molecular flexibility index (Phi) is 4.85. The maximum absolute atomic E-state index is 11.7. The summed E-state index contributed by atoms with van der Waals surface area (Å²) < 4.78 is 4.67. The van der Waals surface area contributed by atoms with Gasteiger partial charge in [-0.05, 0) is 31.0 Å². The fourth-order valence-corrected chi connectivity index (χ4v) is 1.51. The summed E-state index contributed by atoms with van der Waals surface area (Å²) in [5.74, 6) is -0.689. The molecule has 98 valence electrons. The van der Waals surface area contributed by atoms with E-state index in [9.17, 15) is 9.59 Å². The highest BCUT2D eigenvalue weighted by Crippen LogP contribution is 2.19. The number of ether oxygens (including phenoxy) is 1. The van der Waals surface area contributed by atoms with Crippen LogP contribution >= 0.6 is 0 Å². The van der Waals surface area contributed by atoms with Gasteiger partial charge in [0.2, 0.25) is 5.91 Å². The lowest BCUT2D eigenvalue weighted by Crippen LogP contribution is -2.35. The average Bonchev–Trinajstić information content (AvgIpc) is 2.39. The number of carbonyl (C=O) groups is 2. The van der Waals surface area contributed by atoms with Crippen LogP contribution in [0.3, 0.4) is 0 Å². The zero-order chi connectivity index (χ0) is 13.7. The summed E-state index contributed by atoms with van der Waals surface area (Å²) in [6.45, 7) is 3.58. The van der Waals surface area contributed by atoms with Gasteiger partial charge in [0.1, 0.15) is 0 Å². The molecule has 0 spiro atoms. The molecule has 0 aliphatic carbocycles. The van der Waals surface area contributed by atoms with E-state index in [0.29, 0.717) is 23.2 Å². The molecular weight excluding hydrogens is 232 g/mol. The largest absolute Gasteiger partial charge is 0.465 e. The summed E-state index contributed by atoms with van der Waals surface area (Å²) in [7, 11) is 1.32. The predicted molar refractivity (Wildman–Crippen MR) is 69.4 cm³/mol. The van der Waals surface area contributed by atoms with Crippen molar-refractivity contribution in [2.45, 2.75) is 26.3 Å². The third kappa shape index (κ3) is 3.07. The second kappa shape index (κ2) is 6.16. The van der Waals surface area contributed by atoms with Gasteiger partial charge in [0.25, 0.3) is 0 Å². The zero-order valence-electron chi connectivity index (χ0n) is 10.8. The Morgan fingerprint density at radius 3 is 2.67 bits per heavy atom. The first-order chi connectivity index (χ1) is 8.51. The highest BCUT2D eigenvalue weighted by molar-refractivity contribution is 5.98. The van der Waals surface area contributed by atoms with Gasteiger partial charge in [0, 0.05) is 5.69 Å². The molecule has 0 aromatic heterocycles. The Morgan fingerprint density at radius 2 is 2.11 bits per heavy atom. The van der Waals surface area contributed by atoms with Gasteiger partial charge in [0.05, 0.1) is 18.7 Å². The summed E-state index contributed by atoms with van der Waals surface area (Å²) in [5, 5.41) is 2.71. The second-order valence-corrected chi connectivity index (χ2v) is 3.97. The fourth-order valence-electron chi connectivity index (χ4n) is 1.51. The van der Waals surface area contributed by atoms with Crippen molar-refractivity contribution >= 4 is 17.6 Å². The standard InChI is InChI=1S/C13H18N2O3/c1-4-10(14)12(16)15-11-7-5-6-9(8(11)2)13(17)18-3/h5-7,10H,4,14H2,1-3H3,(H,15,16)/t10-/m1/s1. The first-order valence-corrected chi connectivity index (χ1v) is 5.75. The summed E-state index contributed by atoms with van der Waals surface area (Å²) in [6.07, 6.45) is 0.557. The minimum absolute atomic E-state index is 0.261. The van der Waals surface area contributed by atoms with Crippen LogP contribution in [-0.4, -0.2) is 25.0 Å². The molecule has 0 aliphatic rings. The van der Waals surface area contributed by atoms with Crippen molar-refractivity contribution < 1.29 is 14.3 Å². The van der Waals surface area contributed by atoms with Crippen LogP contribution in [0.2, 0.25) is 0 Å². The van der Waals surface area contributed by atoms with Crippen molar-refractivity contribution in [3.63, 3.8) is 0 Å². The molecule has 0 radical (unpaired) electrons. The molecule has 18 heavy (non-hydrogen) atoms. The van der Waals surface area contributed by atoms with E-state index < -0.39 is 12.0 Å². The molecule has 0 unspecified atom stereocenters. The van der Waals surface area contributed by atoms with Crippen molar-refractivity contribution in [2.24, 2.45) is 5.73 Å². The van der Waals surface area contributed by atoms with E-state index in [2.05, 4.69) is 10.1 Å². The summed E-state index contributed by atoms with van der Waals surface area (Å²) >= 11 is 0. The van der Waals surface area contributed by atoms with Gasteiger partial charge in [-0.2, -0.15) is 0 Å². The normalized spacial score (nSPS) is 11.8. The number of hydrogen-bond donors (Lipinski definition) is 2. The minimum atomic E-state index is -0.550. The maximum Gasteiger partial charge on any atom is 0.338 e. The zero-order valence-corrected chi connectivity index (χ0v) is 10.8. The second-order valence-electron chi connectivity index (χ2n) is 3.97. The Hall–Kier alpha value is -1.88. The molecule has 1 atom stereocenters. The molecule has 0 saturated carbocycles. The fraction of sp³-hybridized carbons (Fsp3) is 0.385. The van der Waals surface area contributed by atoms with Gasteiger partial charge in [-0.25, -0.2) is 4.79 Å². The van der Waals surface area contributed by atoms with Crippen molar-refractivity contribution in [3.05, 3.63) is 29.3 Å². The quantitative estimate of drug-likeness (QED) is 0.793. The van der Waals surface area contributed by atoms with Crippen LogP contribution in [0.1, 0.15) is 29.3 Å². The smallest absolute Gasteiger partial charge is 0.338 e. The van der Waals surface area contributed by atoms with Gasteiger partial charge in [-0.3, -0.25) is 4.79 Å². The average molecular weight is 250 g/mol. The SMILES string of the molecule is CC[C@@H](N)C(=O)Nc1cccc(C(=O)OC)c1C. The van der Waals surface area contributed by atoms with Crippen LogP contribution in [0.25, 0.3) is 0 Å². The lowest BCUT2D eigenvalue weighted by atomic mass is 10.1. The van der Waals surface area contributed by atoms with Crippen LogP contribution in [0, 0.1) is 6.92 Å². The van der Waals surface area contributed by atoms with Gasteiger partial charge in [-0.15, -0.1) is 0 Å². The van der Waals surface area contributed by atoms with Crippen LogP contribution in [-0.2, 0) is 9.53 Å². The molecule has 1 amide bonds.